The van der Waals surface area contributed by atoms with E-state index in [0.717, 1.165) is 34.1 Å². The van der Waals surface area contributed by atoms with Crippen LogP contribution in [0.1, 0.15) is 16.7 Å². The molecule has 0 aliphatic carbocycles. The Morgan fingerprint density at radius 2 is 1.96 bits per heavy atom. The van der Waals surface area contributed by atoms with Crippen molar-refractivity contribution in [1.29, 1.82) is 0 Å². The van der Waals surface area contributed by atoms with Gasteiger partial charge < -0.3 is 21.1 Å². The van der Waals surface area contributed by atoms with E-state index in [4.69, 9.17) is 5.73 Å². The van der Waals surface area contributed by atoms with Crippen molar-refractivity contribution in [1.82, 2.24) is 15.0 Å². The van der Waals surface area contributed by atoms with E-state index >= 15 is 0 Å². The highest BCUT2D eigenvalue weighted by atomic mass is 16.3. The Morgan fingerprint density at radius 1 is 1.11 bits per heavy atom. The van der Waals surface area contributed by atoms with Crippen molar-refractivity contribution < 1.29 is 5.11 Å². The van der Waals surface area contributed by atoms with E-state index in [0.29, 0.717) is 12.4 Å². The van der Waals surface area contributed by atoms with Crippen LogP contribution in [0.4, 0.5) is 11.8 Å². The number of hydrogen-bond donors (Lipinski definition) is 4. The predicted octanol–water partition coefficient (Wildman–Crippen LogP) is 4.18. The van der Waals surface area contributed by atoms with Crippen molar-refractivity contribution in [3.63, 3.8) is 0 Å². The molecule has 6 heteroatoms. The number of aromatic amines is 1. The average Bonchev–Trinajstić information content (AvgIpc) is 3.06. The molecule has 0 atom stereocenters. The van der Waals surface area contributed by atoms with Gasteiger partial charge in [-0.2, -0.15) is 4.98 Å². The molecule has 0 spiro atoms. The van der Waals surface area contributed by atoms with Crippen LogP contribution in [0, 0.1) is 13.8 Å². The summed E-state index contributed by atoms with van der Waals surface area (Å²) in [4.78, 5) is 12.0. The number of aromatic nitrogens is 3. The number of nitrogens with zero attached hydrogens (tertiary/aromatic N) is 2. The van der Waals surface area contributed by atoms with E-state index in [9.17, 15) is 5.11 Å². The van der Waals surface area contributed by atoms with Crippen molar-refractivity contribution in [3.8, 4) is 17.0 Å². The zero-order chi connectivity index (χ0) is 19.7. The van der Waals surface area contributed by atoms with Gasteiger partial charge in [0.05, 0.1) is 5.69 Å². The summed E-state index contributed by atoms with van der Waals surface area (Å²) >= 11 is 0. The maximum Gasteiger partial charge on any atom is 0.222 e. The third kappa shape index (κ3) is 3.49. The lowest BCUT2D eigenvalue weighted by Gasteiger charge is -2.11. The summed E-state index contributed by atoms with van der Waals surface area (Å²) in [5.41, 5.74) is 12.4. The lowest BCUT2D eigenvalue weighted by molar-refractivity contribution is 0.476. The number of aryl methyl sites for hydroxylation is 1. The second-order valence-corrected chi connectivity index (χ2v) is 6.96. The summed E-state index contributed by atoms with van der Waals surface area (Å²) in [6.07, 6.45) is 2.76. The van der Waals surface area contributed by atoms with E-state index in [-0.39, 0.29) is 11.7 Å². The number of nitrogens with two attached hydrogens (primary N) is 1. The second-order valence-electron chi connectivity index (χ2n) is 6.96. The van der Waals surface area contributed by atoms with Crippen LogP contribution in [-0.4, -0.2) is 26.6 Å². The molecular weight excluding hydrogens is 350 g/mol. The first-order valence-electron chi connectivity index (χ1n) is 9.25. The molecule has 0 radical (unpaired) electrons. The molecule has 6 nitrogen and oxygen atoms in total. The molecule has 0 bridgehead atoms. The molecular formula is C22H23N5O. The summed E-state index contributed by atoms with van der Waals surface area (Å²) in [5.74, 6) is 1.21. The first-order valence-corrected chi connectivity index (χ1v) is 9.25. The number of phenols is 1. The minimum Gasteiger partial charge on any atom is -0.508 e. The van der Waals surface area contributed by atoms with Crippen LogP contribution >= 0.6 is 0 Å². The number of nitrogens with one attached hydrogen (secondary N) is 2. The van der Waals surface area contributed by atoms with Crippen molar-refractivity contribution in [2.75, 3.05) is 17.6 Å². The molecule has 0 amide bonds. The minimum absolute atomic E-state index is 0.248. The van der Waals surface area contributed by atoms with Gasteiger partial charge in [0.1, 0.15) is 11.6 Å². The predicted molar refractivity (Wildman–Crippen MR) is 114 cm³/mol. The van der Waals surface area contributed by atoms with Gasteiger partial charge in [-0.25, -0.2) is 4.98 Å². The molecule has 2 aromatic heterocycles. The zero-order valence-electron chi connectivity index (χ0n) is 16.0. The summed E-state index contributed by atoms with van der Waals surface area (Å²) < 4.78 is 0. The topological polar surface area (TPSA) is 99.8 Å². The number of anilines is 2. The number of benzene rings is 2. The van der Waals surface area contributed by atoms with Crippen molar-refractivity contribution >= 4 is 22.7 Å². The minimum atomic E-state index is 0.248. The Morgan fingerprint density at radius 3 is 2.82 bits per heavy atom. The molecule has 4 rings (SSSR count). The van der Waals surface area contributed by atoms with Crippen molar-refractivity contribution in [2.45, 2.75) is 20.3 Å². The first kappa shape index (κ1) is 17.9. The van der Waals surface area contributed by atoms with E-state index < -0.39 is 0 Å². The Hall–Kier alpha value is -3.54. The monoisotopic (exact) mass is 373 g/mol. The Kier molecular flexibility index (Phi) is 4.61. The van der Waals surface area contributed by atoms with Gasteiger partial charge in [0.25, 0.3) is 0 Å². The van der Waals surface area contributed by atoms with Gasteiger partial charge in [-0.3, -0.25) is 0 Å². The van der Waals surface area contributed by atoms with Crippen LogP contribution in [0.25, 0.3) is 22.2 Å². The second kappa shape index (κ2) is 7.23. The van der Waals surface area contributed by atoms with Gasteiger partial charge in [-0.15, -0.1) is 0 Å². The highest BCUT2D eigenvalue weighted by molar-refractivity contribution is 5.84. The van der Waals surface area contributed by atoms with E-state index in [2.05, 4.69) is 40.2 Å². The molecule has 2 aromatic carbocycles. The van der Waals surface area contributed by atoms with Crippen molar-refractivity contribution in [3.05, 3.63) is 65.4 Å². The third-order valence-electron chi connectivity index (χ3n) is 5.08. The largest absolute Gasteiger partial charge is 0.508 e. The molecule has 5 N–H and O–H groups in total. The Bertz CT molecular complexity index is 1150. The first-order chi connectivity index (χ1) is 13.5. The highest BCUT2D eigenvalue weighted by Gasteiger charge is 2.09. The smallest absolute Gasteiger partial charge is 0.222 e. The Balaban J connectivity index is 1.53. The number of aromatic hydroxyl groups is 1. The number of phenolic OH excluding ortho intramolecular Hbond substituents is 1. The maximum absolute atomic E-state index is 9.73. The van der Waals surface area contributed by atoms with Crippen LogP contribution in [0.15, 0.2) is 48.7 Å². The molecule has 0 aliphatic rings. The molecule has 0 fully saturated rings. The number of rotatable bonds is 5. The molecule has 0 aliphatic heterocycles. The normalized spacial score (nSPS) is 11.1. The summed E-state index contributed by atoms with van der Waals surface area (Å²) in [6, 6.07) is 13.4. The molecule has 28 heavy (non-hydrogen) atoms. The fourth-order valence-electron chi connectivity index (χ4n) is 3.42. The van der Waals surface area contributed by atoms with Crippen LogP contribution in [0.3, 0.4) is 0 Å². The summed E-state index contributed by atoms with van der Waals surface area (Å²) in [7, 11) is 0. The lowest BCUT2D eigenvalue weighted by Crippen LogP contribution is -2.08. The van der Waals surface area contributed by atoms with Gasteiger partial charge in [0.2, 0.25) is 5.95 Å². The third-order valence-corrected chi connectivity index (χ3v) is 5.08. The molecule has 0 unspecified atom stereocenters. The quantitative estimate of drug-likeness (QED) is 0.420. The molecule has 2 heterocycles. The number of H-pyrrole nitrogens is 1. The highest BCUT2D eigenvalue weighted by Crippen LogP contribution is 2.26. The number of fused-ring (bicyclic) bond motifs is 1. The van der Waals surface area contributed by atoms with Gasteiger partial charge in [-0.05, 0) is 55.2 Å². The van der Waals surface area contributed by atoms with Gasteiger partial charge in [0, 0.05) is 35.3 Å². The molecule has 4 aromatic rings. The maximum atomic E-state index is 9.73. The van der Waals surface area contributed by atoms with E-state index in [1.807, 2.05) is 30.5 Å². The molecule has 0 saturated heterocycles. The number of hydrogen-bond acceptors (Lipinski definition) is 5. The standard InChI is InChI=1S/C22H23N5O/c1-13-4-3-5-17(14(13)2)20-11-21(27-22(23)26-20)24-9-8-15-12-25-19-7-6-16(28)10-18(15)19/h3-7,10-12,25,28H,8-9H2,1-2H3,(H3,23,24,26,27). The van der Waals surface area contributed by atoms with Gasteiger partial charge in [-0.1, -0.05) is 18.2 Å². The lowest BCUT2D eigenvalue weighted by atomic mass is 10.0. The van der Waals surface area contributed by atoms with E-state index in [1.165, 1.54) is 11.1 Å². The van der Waals surface area contributed by atoms with Crippen LogP contribution < -0.4 is 11.1 Å². The molecule has 0 saturated carbocycles. The van der Waals surface area contributed by atoms with Crippen LogP contribution in [0.5, 0.6) is 5.75 Å². The van der Waals surface area contributed by atoms with Gasteiger partial charge >= 0.3 is 0 Å². The molecule has 142 valence electrons. The summed E-state index contributed by atoms with van der Waals surface area (Å²) in [6.45, 7) is 4.86. The average molecular weight is 373 g/mol. The zero-order valence-corrected chi connectivity index (χ0v) is 16.0. The summed E-state index contributed by atoms with van der Waals surface area (Å²) in [5, 5.41) is 14.1. The fourth-order valence-corrected chi connectivity index (χ4v) is 3.42. The SMILES string of the molecule is Cc1cccc(-c2cc(NCCc3c[nH]c4ccc(O)cc34)nc(N)n2)c1C. The fraction of sp³-hybridized carbons (Fsp3) is 0.182. The van der Waals surface area contributed by atoms with Crippen LogP contribution in [-0.2, 0) is 6.42 Å². The number of nitrogen functional groups attached to an aromatic ring is 1. The van der Waals surface area contributed by atoms with Gasteiger partial charge in [0.15, 0.2) is 0 Å². The van der Waals surface area contributed by atoms with E-state index in [1.54, 1.807) is 12.1 Å². The van der Waals surface area contributed by atoms with Crippen molar-refractivity contribution in [2.24, 2.45) is 0 Å². The Labute approximate surface area is 163 Å². The van der Waals surface area contributed by atoms with Crippen LogP contribution in [0.2, 0.25) is 0 Å².